The van der Waals surface area contributed by atoms with E-state index >= 15 is 0 Å². The maximum absolute atomic E-state index is 6.14. The molecule has 1 aromatic carbocycles. The summed E-state index contributed by atoms with van der Waals surface area (Å²) in [7, 11) is 1.67. The minimum atomic E-state index is 0.215. The number of hydrogen-bond donors (Lipinski definition) is 1. The Kier molecular flexibility index (Phi) is 3.36. The predicted octanol–water partition coefficient (Wildman–Crippen LogP) is 3.69. The fraction of sp³-hybridized carbons (Fsp3) is 0.267. The minimum absolute atomic E-state index is 0.215. The fourth-order valence-electron chi connectivity index (χ4n) is 2.54. The van der Waals surface area contributed by atoms with Crippen LogP contribution in [0.3, 0.4) is 0 Å². The van der Waals surface area contributed by atoms with Crippen LogP contribution < -0.4 is 10.5 Å². The Hall–Kier alpha value is -2.01. The van der Waals surface area contributed by atoms with E-state index in [1.807, 2.05) is 18.2 Å². The average Bonchev–Trinajstić information content (AvgIpc) is 3.08. The van der Waals surface area contributed by atoms with Crippen molar-refractivity contribution < 1.29 is 4.74 Å². The van der Waals surface area contributed by atoms with Crippen LogP contribution in [0.5, 0.6) is 5.75 Å². The molecule has 1 unspecified atom stereocenters. The SMILES string of the molecule is CCC(c1cccs1)n1c(N)nc2ccc(OC)cc21. The van der Waals surface area contributed by atoms with E-state index in [0.717, 1.165) is 23.2 Å². The summed E-state index contributed by atoms with van der Waals surface area (Å²) < 4.78 is 7.41. The smallest absolute Gasteiger partial charge is 0.201 e. The number of nitrogens with zero attached hydrogens (tertiary/aromatic N) is 2. The third-order valence-electron chi connectivity index (χ3n) is 3.49. The maximum atomic E-state index is 6.14. The van der Waals surface area contributed by atoms with Crippen molar-refractivity contribution >= 4 is 28.3 Å². The molecule has 1 atom stereocenters. The van der Waals surface area contributed by atoms with Crippen molar-refractivity contribution in [1.29, 1.82) is 0 Å². The van der Waals surface area contributed by atoms with Crippen LogP contribution in [0.15, 0.2) is 35.7 Å². The number of ether oxygens (including phenoxy) is 1. The standard InChI is InChI=1S/C15H17N3OS/c1-3-12(14-5-4-8-20-14)18-13-9-10(19-2)6-7-11(13)17-15(18)16/h4-9,12H,3H2,1-2H3,(H2,16,17). The number of imidazole rings is 1. The van der Waals surface area contributed by atoms with Crippen LogP contribution in [0.1, 0.15) is 24.3 Å². The molecule has 0 bridgehead atoms. The molecular formula is C15H17N3OS. The highest BCUT2D eigenvalue weighted by Gasteiger charge is 2.19. The van der Waals surface area contributed by atoms with Crippen molar-refractivity contribution in [2.24, 2.45) is 0 Å². The van der Waals surface area contributed by atoms with E-state index < -0.39 is 0 Å². The Bertz CT molecular complexity index is 718. The molecule has 2 N–H and O–H groups in total. The van der Waals surface area contributed by atoms with E-state index in [9.17, 15) is 0 Å². The molecule has 5 heteroatoms. The molecule has 4 nitrogen and oxygen atoms in total. The van der Waals surface area contributed by atoms with Gasteiger partial charge in [-0.3, -0.25) is 0 Å². The summed E-state index contributed by atoms with van der Waals surface area (Å²) in [4.78, 5) is 5.75. The van der Waals surface area contributed by atoms with Gasteiger partial charge in [-0.25, -0.2) is 4.98 Å². The van der Waals surface area contributed by atoms with Crippen molar-refractivity contribution in [2.45, 2.75) is 19.4 Å². The van der Waals surface area contributed by atoms with Crippen LogP contribution in [0, 0.1) is 0 Å². The molecular weight excluding hydrogens is 270 g/mol. The zero-order valence-corrected chi connectivity index (χ0v) is 12.4. The molecule has 3 rings (SSSR count). The number of thiophene rings is 1. The van der Waals surface area contributed by atoms with E-state index in [1.165, 1.54) is 4.88 Å². The van der Waals surface area contributed by atoms with Crippen molar-refractivity contribution in [2.75, 3.05) is 12.8 Å². The Morgan fingerprint density at radius 2 is 2.25 bits per heavy atom. The molecule has 0 saturated heterocycles. The van der Waals surface area contributed by atoms with Gasteiger partial charge in [0, 0.05) is 10.9 Å². The molecule has 0 radical (unpaired) electrons. The first kappa shape index (κ1) is 13.0. The van der Waals surface area contributed by atoms with Gasteiger partial charge in [0.05, 0.1) is 24.2 Å². The first-order chi connectivity index (χ1) is 9.74. The third kappa shape index (κ3) is 2.04. The molecule has 3 aromatic rings. The number of aromatic nitrogens is 2. The summed E-state index contributed by atoms with van der Waals surface area (Å²) in [6, 6.07) is 10.3. The van der Waals surface area contributed by atoms with E-state index in [-0.39, 0.29) is 6.04 Å². The second-order valence-electron chi connectivity index (χ2n) is 4.63. The largest absolute Gasteiger partial charge is 0.497 e. The summed E-state index contributed by atoms with van der Waals surface area (Å²) in [6.07, 6.45) is 0.966. The van der Waals surface area contributed by atoms with E-state index in [0.29, 0.717) is 5.95 Å². The molecule has 0 saturated carbocycles. The molecule has 0 aliphatic rings. The van der Waals surface area contributed by atoms with Crippen molar-refractivity contribution in [3.63, 3.8) is 0 Å². The van der Waals surface area contributed by atoms with E-state index in [2.05, 4.69) is 34.0 Å². The Morgan fingerprint density at radius 1 is 1.40 bits per heavy atom. The van der Waals surface area contributed by atoms with Gasteiger partial charge in [0.1, 0.15) is 5.75 Å². The summed E-state index contributed by atoms with van der Waals surface area (Å²) >= 11 is 1.75. The molecule has 2 aromatic heterocycles. The van der Waals surface area contributed by atoms with Gasteiger partial charge in [-0.05, 0) is 30.0 Å². The number of rotatable bonds is 4. The van der Waals surface area contributed by atoms with Gasteiger partial charge in [-0.15, -0.1) is 11.3 Å². The van der Waals surface area contributed by atoms with Crippen molar-refractivity contribution in [3.05, 3.63) is 40.6 Å². The zero-order chi connectivity index (χ0) is 14.1. The third-order valence-corrected chi connectivity index (χ3v) is 4.47. The van der Waals surface area contributed by atoms with Crippen LogP contribution in [0.4, 0.5) is 5.95 Å². The van der Waals surface area contributed by atoms with Crippen LogP contribution >= 0.6 is 11.3 Å². The predicted molar refractivity (Wildman–Crippen MR) is 83.4 cm³/mol. The number of nitrogens with two attached hydrogens (primary N) is 1. The summed E-state index contributed by atoms with van der Waals surface area (Å²) in [6.45, 7) is 2.16. The van der Waals surface area contributed by atoms with Gasteiger partial charge in [0.25, 0.3) is 0 Å². The molecule has 0 spiro atoms. The molecule has 2 heterocycles. The van der Waals surface area contributed by atoms with Crippen molar-refractivity contribution in [1.82, 2.24) is 9.55 Å². The lowest BCUT2D eigenvalue weighted by atomic mass is 10.1. The second-order valence-corrected chi connectivity index (χ2v) is 5.61. The molecule has 0 amide bonds. The van der Waals surface area contributed by atoms with E-state index in [4.69, 9.17) is 10.5 Å². The fourth-order valence-corrected chi connectivity index (χ4v) is 3.44. The number of fused-ring (bicyclic) bond motifs is 1. The summed E-state index contributed by atoms with van der Waals surface area (Å²) in [5.74, 6) is 1.37. The zero-order valence-electron chi connectivity index (χ0n) is 11.5. The molecule has 104 valence electrons. The van der Waals surface area contributed by atoms with Crippen LogP contribution in [-0.2, 0) is 0 Å². The molecule has 0 fully saturated rings. The molecule has 0 aliphatic heterocycles. The lowest BCUT2D eigenvalue weighted by molar-refractivity contribution is 0.415. The topological polar surface area (TPSA) is 53.1 Å². The highest BCUT2D eigenvalue weighted by molar-refractivity contribution is 7.10. The number of anilines is 1. The Balaban J connectivity index is 2.20. The van der Waals surface area contributed by atoms with Crippen LogP contribution in [0.25, 0.3) is 11.0 Å². The highest BCUT2D eigenvalue weighted by atomic mass is 32.1. The van der Waals surface area contributed by atoms with Crippen LogP contribution in [-0.4, -0.2) is 16.7 Å². The van der Waals surface area contributed by atoms with Gasteiger partial charge >= 0.3 is 0 Å². The highest BCUT2D eigenvalue weighted by Crippen LogP contribution is 2.33. The summed E-state index contributed by atoms with van der Waals surface area (Å²) in [5, 5.41) is 2.09. The van der Waals surface area contributed by atoms with Gasteiger partial charge in [0.15, 0.2) is 0 Å². The van der Waals surface area contributed by atoms with Gasteiger partial charge in [-0.2, -0.15) is 0 Å². The van der Waals surface area contributed by atoms with Gasteiger partial charge in [-0.1, -0.05) is 13.0 Å². The lowest BCUT2D eigenvalue weighted by Crippen LogP contribution is -2.11. The number of methoxy groups -OCH3 is 1. The second kappa shape index (κ2) is 5.17. The lowest BCUT2D eigenvalue weighted by Gasteiger charge is -2.18. The van der Waals surface area contributed by atoms with Crippen LogP contribution in [0.2, 0.25) is 0 Å². The first-order valence-corrected chi connectivity index (χ1v) is 7.47. The number of nitrogen functional groups attached to an aromatic ring is 1. The van der Waals surface area contributed by atoms with E-state index in [1.54, 1.807) is 18.4 Å². The Labute approximate surface area is 121 Å². The first-order valence-electron chi connectivity index (χ1n) is 6.59. The molecule has 0 aliphatic carbocycles. The average molecular weight is 287 g/mol. The maximum Gasteiger partial charge on any atom is 0.201 e. The van der Waals surface area contributed by atoms with Crippen molar-refractivity contribution in [3.8, 4) is 5.75 Å². The summed E-state index contributed by atoms with van der Waals surface area (Å²) in [5.41, 5.74) is 8.06. The Morgan fingerprint density at radius 3 is 2.90 bits per heavy atom. The minimum Gasteiger partial charge on any atom is -0.497 e. The quantitative estimate of drug-likeness (QED) is 0.796. The number of benzene rings is 1. The normalized spacial score (nSPS) is 12.7. The number of hydrogen-bond acceptors (Lipinski definition) is 4. The van der Waals surface area contributed by atoms with Gasteiger partial charge < -0.3 is 15.0 Å². The molecule has 20 heavy (non-hydrogen) atoms. The van der Waals surface area contributed by atoms with Gasteiger partial charge in [0.2, 0.25) is 5.95 Å². The monoisotopic (exact) mass is 287 g/mol.